The predicted molar refractivity (Wildman–Crippen MR) is 99.9 cm³/mol. The van der Waals surface area contributed by atoms with Gasteiger partial charge in [0, 0.05) is 12.5 Å². The van der Waals surface area contributed by atoms with Gasteiger partial charge in [-0.15, -0.1) is 10.2 Å². The molecule has 10 heteroatoms. The Hall–Kier alpha value is -2.04. The molecule has 0 saturated carbocycles. The van der Waals surface area contributed by atoms with Crippen molar-refractivity contribution in [2.24, 2.45) is 5.92 Å². The quantitative estimate of drug-likeness (QED) is 0.494. The first-order chi connectivity index (χ1) is 12.3. The maximum Gasteiger partial charge on any atom is 0.269 e. The van der Waals surface area contributed by atoms with Crippen LogP contribution in [0.3, 0.4) is 0 Å². The Morgan fingerprint density at radius 3 is 2.54 bits per heavy atom. The third kappa shape index (κ3) is 5.75. The fraction of sp³-hybridized carbons (Fsp3) is 0.438. The summed E-state index contributed by atoms with van der Waals surface area (Å²) >= 11 is 0.799. The number of benzene rings is 1. The third-order valence-electron chi connectivity index (χ3n) is 3.39. The standard InChI is InChI=1S/C16H22N4O4S2/c1-4-12-5-7-13(8-6-12)24-10-9-17-26(22,23)16-20-19-15(25-16)18-14(21)11(2)3/h5-8,11,17H,4,9-10H2,1-3H3,(H,18,19,21). The topological polar surface area (TPSA) is 110 Å². The summed E-state index contributed by atoms with van der Waals surface area (Å²) < 4.78 is 32.1. The molecule has 1 amide bonds. The molecule has 2 aromatic rings. The first kappa shape index (κ1) is 20.3. The van der Waals surface area contributed by atoms with Gasteiger partial charge >= 0.3 is 0 Å². The van der Waals surface area contributed by atoms with Crippen LogP contribution in [0, 0.1) is 5.92 Å². The van der Waals surface area contributed by atoms with E-state index < -0.39 is 10.0 Å². The highest BCUT2D eigenvalue weighted by Gasteiger charge is 2.21. The summed E-state index contributed by atoms with van der Waals surface area (Å²) in [6, 6.07) is 7.63. The van der Waals surface area contributed by atoms with Crippen molar-refractivity contribution in [3.8, 4) is 5.75 Å². The number of amides is 1. The van der Waals surface area contributed by atoms with E-state index in [0.29, 0.717) is 5.75 Å². The highest BCUT2D eigenvalue weighted by Crippen LogP contribution is 2.20. The molecule has 0 aliphatic heterocycles. The molecular weight excluding hydrogens is 376 g/mol. The van der Waals surface area contributed by atoms with Crippen LogP contribution in [0.1, 0.15) is 26.3 Å². The summed E-state index contributed by atoms with van der Waals surface area (Å²) in [4.78, 5) is 11.6. The molecule has 0 fully saturated rings. The highest BCUT2D eigenvalue weighted by molar-refractivity contribution is 7.91. The van der Waals surface area contributed by atoms with Crippen LogP contribution in [0.15, 0.2) is 28.6 Å². The van der Waals surface area contributed by atoms with Gasteiger partial charge in [0.2, 0.25) is 15.4 Å². The summed E-state index contributed by atoms with van der Waals surface area (Å²) in [6.07, 6.45) is 0.946. The van der Waals surface area contributed by atoms with Gasteiger partial charge in [-0.1, -0.05) is 44.2 Å². The summed E-state index contributed by atoms with van der Waals surface area (Å²) in [5, 5.41) is 9.97. The number of rotatable bonds is 9. The van der Waals surface area contributed by atoms with Crippen LogP contribution in [-0.2, 0) is 21.2 Å². The fourth-order valence-corrected chi connectivity index (χ4v) is 3.80. The molecule has 0 aliphatic rings. The zero-order valence-corrected chi connectivity index (χ0v) is 16.5. The fourth-order valence-electron chi connectivity index (χ4n) is 1.85. The van der Waals surface area contributed by atoms with Crippen molar-refractivity contribution in [3.05, 3.63) is 29.8 Å². The number of nitrogens with one attached hydrogen (secondary N) is 2. The minimum Gasteiger partial charge on any atom is -0.492 e. The monoisotopic (exact) mass is 398 g/mol. The number of nitrogens with zero attached hydrogens (tertiary/aromatic N) is 2. The largest absolute Gasteiger partial charge is 0.492 e. The van der Waals surface area contributed by atoms with Crippen LogP contribution < -0.4 is 14.8 Å². The zero-order valence-electron chi connectivity index (χ0n) is 14.9. The molecule has 8 nitrogen and oxygen atoms in total. The molecule has 0 spiro atoms. The lowest BCUT2D eigenvalue weighted by Crippen LogP contribution is -2.28. The summed E-state index contributed by atoms with van der Waals surface area (Å²) in [7, 11) is -3.80. The molecule has 26 heavy (non-hydrogen) atoms. The Morgan fingerprint density at radius 2 is 1.92 bits per heavy atom. The van der Waals surface area contributed by atoms with Gasteiger partial charge in [0.25, 0.3) is 10.0 Å². The lowest BCUT2D eigenvalue weighted by Gasteiger charge is -2.07. The van der Waals surface area contributed by atoms with E-state index in [1.807, 2.05) is 24.3 Å². The molecule has 2 N–H and O–H groups in total. The number of hydrogen-bond donors (Lipinski definition) is 2. The summed E-state index contributed by atoms with van der Waals surface area (Å²) in [5.74, 6) is 0.192. The molecular formula is C16H22N4O4S2. The Balaban J connectivity index is 1.84. The Kier molecular flexibility index (Phi) is 7.06. The lowest BCUT2D eigenvalue weighted by atomic mass is 10.2. The maximum atomic E-state index is 12.2. The molecule has 0 radical (unpaired) electrons. The SMILES string of the molecule is CCc1ccc(OCCNS(=O)(=O)c2nnc(NC(=O)C(C)C)s2)cc1. The number of aromatic nitrogens is 2. The number of sulfonamides is 1. The lowest BCUT2D eigenvalue weighted by molar-refractivity contribution is -0.118. The molecule has 2 rings (SSSR count). The molecule has 1 aromatic carbocycles. The Labute approximate surface area is 157 Å². The van der Waals surface area contributed by atoms with E-state index in [0.717, 1.165) is 17.8 Å². The van der Waals surface area contributed by atoms with Crippen molar-refractivity contribution >= 4 is 32.4 Å². The van der Waals surface area contributed by atoms with E-state index >= 15 is 0 Å². The first-order valence-corrected chi connectivity index (χ1v) is 10.5. The van der Waals surface area contributed by atoms with Crippen LogP contribution in [0.2, 0.25) is 0 Å². The minimum absolute atomic E-state index is 0.0884. The van der Waals surface area contributed by atoms with Gasteiger partial charge in [0.1, 0.15) is 12.4 Å². The van der Waals surface area contributed by atoms with E-state index in [2.05, 4.69) is 27.2 Å². The van der Waals surface area contributed by atoms with E-state index in [9.17, 15) is 13.2 Å². The number of carbonyl (C=O) groups is 1. The molecule has 1 heterocycles. The van der Waals surface area contributed by atoms with Crippen LogP contribution >= 0.6 is 11.3 Å². The zero-order chi connectivity index (χ0) is 19.2. The third-order valence-corrected chi connectivity index (χ3v) is 6.05. The van der Waals surface area contributed by atoms with Gasteiger partial charge in [-0.05, 0) is 24.1 Å². The van der Waals surface area contributed by atoms with Crippen molar-refractivity contribution < 1.29 is 17.9 Å². The molecule has 0 unspecified atom stereocenters. The van der Waals surface area contributed by atoms with E-state index in [-0.39, 0.29) is 34.4 Å². The number of hydrogen-bond acceptors (Lipinski definition) is 7. The molecule has 1 aromatic heterocycles. The molecule has 0 saturated heterocycles. The number of ether oxygens (including phenoxy) is 1. The molecule has 142 valence electrons. The Bertz CT molecular complexity index is 832. The number of anilines is 1. The smallest absolute Gasteiger partial charge is 0.269 e. The van der Waals surface area contributed by atoms with Gasteiger partial charge in [-0.3, -0.25) is 4.79 Å². The first-order valence-electron chi connectivity index (χ1n) is 8.17. The molecule has 0 bridgehead atoms. The average Bonchev–Trinajstić information content (AvgIpc) is 3.08. The van der Waals surface area contributed by atoms with Crippen molar-refractivity contribution in [2.45, 2.75) is 31.5 Å². The van der Waals surface area contributed by atoms with Crippen molar-refractivity contribution in [3.63, 3.8) is 0 Å². The Morgan fingerprint density at radius 1 is 1.23 bits per heavy atom. The van der Waals surface area contributed by atoms with Gasteiger partial charge in [0.15, 0.2) is 0 Å². The van der Waals surface area contributed by atoms with Gasteiger partial charge in [-0.25, -0.2) is 13.1 Å². The van der Waals surface area contributed by atoms with Crippen LogP contribution in [-0.4, -0.2) is 37.7 Å². The minimum atomic E-state index is -3.80. The molecule has 0 aliphatic carbocycles. The highest BCUT2D eigenvalue weighted by atomic mass is 32.2. The van der Waals surface area contributed by atoms with Gasteiger partial charge < -0.3 is 10.1 Å². The summed E-state index contributed by atoms with van der Waals surface area (Å²) in [6.45, 7) is 5.79. The number of aryl methyl sites for hydroxylation is 1. The number of carbonyl (C=O) groups excluding carboxylic acids is 1. The maximum absolute atomic E-state index is 12.2. The van der Waals surface area contributed by atoms with E-state index in [4.69, 9.17) is 4.74 Å². The second-order valence-electron chi connectivity index (χ2n) is 5.76. The average molecular weight is 399 g/mol. The van der Waals surface area contributed by atoms with Gasteiger partial charge in [-0.2, -0.15) is 0 Å². The van der Waals surface area contributed by atoms with Crippen LogP contribution in [0.25, 0.3) is 0 Å². The second kappa shape index (κ2) is 9.06. The predicted octanol–water partition coefficient (Wildman–Crippen LogP) is 2.05. The summed E-state index contributed by atoms with van der Waals surface area (Å²) in [5.41, 5.74) is 1.20. The van der Waals surface area contributed by atoms with Crippen LogP contribution in [0.4, 0.5) is 5.13 Å². The second-order valence-corrected chi connectivity index (χ2v) is 8.68. The van der Waals surface area contributed by atoms with Crippen molar-refractivity contribution in [1.82, 2.24) is 14.9 Å². The molecule has 0 atom stereocenters. The normalized spacial score (nSPS) is 11.5. The van der Waals surface area contributed by atoms with Crippen LogP contribution in [0.5, 0.6) is 5.75 Å². The van der Waals surface area contributed by atoms with Gasteiger partial charge in [0.05, 0.1) is 0 Å². The van der Waals surface area contributed by atoms with E-state index in [1.54, 1.807) is 13.8 Å². The van der Waals surface area contributed by atoms with Crippen molar-refractivity contribution in [2.75, 3.05) is 18.5 Å². The van der Waals surface area contributed by atoms with E-state index in [1.165, 1.54) is 5.56 Å². The van der Waals surface area contributed by atoms with Crippen molar-refractivity contribution in [1.29, 1.82) is 0 Å².